The molecule has 9 nitrogen and oxygen atoms in total. The van der Waals surface area contributed by atoms with Crippen LogP contribution in [-0.2, 0) is 20.9 Å². The van der Waals surface area contributed by atoms with Crippen LogP contribution in [0.4, 0.5) is 0 Å². The van der Waals surface area contributed by atoms with Crippen LogP contribution in [0.15, 0.2) is 66.0 Å². The lowest BCUT2D eigenvalue weighted by atomic mass is 10.0. The SMILES string of the molecule is C[C@@]12CC1N(C(=O)CNC(=O)c1ccc(Oc3ccccc3)cc1)[C@H](C(=O)OCc1cc(C(N)N)cs1)C2. The second-order valence-corrected chi connectivity index (χ2v) is 11.0. The Hall–Kier alpha value is -3.73. The van der Waals surface area contributed by atoms with Gasteiger partial charge in [-0.25, -0.2) is 4.79 Å². The highest BCUT2D eigenvalue weighted by Gasteiger charge is 2.64. The Morgan fingerprint density at radius 1 is 1.08 bits per heavy atom. The summed E-state index contributed by atoms with van der Waals surface area (Å²) in [6, 6.07) is 17.1. The smallest absolute Gasteiger partial charge is 0.329 e. The number of hydrogen-bond acceptors (Lipinski definition) is 8. The van der Waals surface area contributed by atoms with E-state index >= 15 is 0 Å². The maximum Gasteiger partial charge on any atom is 0.329 e. The number of nitrogens with zero attached hydrogens (tertiary/aromatic N) is 1. The fourth-order valence-electron chi connectivity index (χ4n) is 4.87. The zero-order valence-electron chi connectivity index (χ0n) is 21.0. The van der Waals surface area contributed by atoms with Gasteiger partial charge in [-0.3, -0.25) is 9.59 Å². The Morgan fingerprint density at radius 3 is 2.47 bits per heavy atom. The van der Waals surface area contributed by atoms with Crippen LogP contribution in [0.25, 0.3) is 0 Å². The number of hydrogen-bond donors (Lipinski definition) is 3. The van der Waals surface area contributed by atoms with Gasteiger partial charge >= 0.3 is 5.97 Å². The maximum absolute atomic E-state index is 13.1. The number of rotatable bonds is 9. The molecule has 5 rings (SSSR count). The van der Waals surface area contributed by atoms with Gasteiger partial charge in [-0.15, -0.1) is 11.3 Å². The minimum atomic E-state index is -0.672. The molecule has 10 heteroatoms. The van der Waals surface area contributed by atoms with E-state index in [1.54, 1.807) is 29.2 Å². The predicted molar refractivity (Wildman–Crippen MR) is 142 cm³/mol. The Labute approximate surface area is 224 Å². The fraction of sp³-hybridized carbons (Fsp3) is 0.321. The van der Waals surface area contributed by atoms with Crippen molar-refractivity contribution in [1.82, 2.24) is 10.2 Å². The average molecular weight is 535 g/mol. The zero-order chi connectivity index (χ0) is 26.9. The number of benzene rings is 2. The summed E-state index contributed by atoms with van der Waals surface area (Å²) in [7, 11) is 0. The molecule has 1 saturated carbocycles. The minimum absolute atomic E-state index is 0.0255. The highest BCUT2D eigenvalue weighted by molar-refractivity contribution is 7.10. The van der Waals surface area contributed by atoms with E-state index in [2.05, 4.69) is 12.2 Å². The number of amides is 2. The Bertz CT molecular complexity index is 1330. The summed E-state index contributed by atoms with van der Waals surface area (Å²) in [4.78, 5) is 41.2. The van der Waals surface area contributed by atoms with Crippen molar-refractivity contribution in [2.24, 2.45) is 16.9 Å². The number of thiophene rings is 1. The number of carbonyl (C=O) groups is 3. The number of esters is 1. The van der Waals surface area contributed by atoms with Gasteiger partial charge in [-0.1, -0.05) is 25.1 Å². The van der Waals surface area contributed by atoms with Crippen LogP contribution in [0, 0.1) is 5.41 Å². The Morgan fingerprint density at radius 2 is 1.79 bits per heavy atom. The van der Waals surface area contributed by atoms with Crippen LogP contribution in [-0.4, -0.2) is 41.3 Å². The number of likely N-dealkylation sites (tertiary alicyclic amines) is 1. The van der Waals surface area contributed by atoms with Gasteiger partial charge in [0.15, 0.2) is 0 Å². The van der Waals surface area contributed by atoms with Crippen LogP contribution in [0.5, 0.6) is 11.5 Å². The second kappa shape index (κ2) is 10.6. The number of ether oxygens (including phenoxy) is 2. The number of nitrogens with one attached hydrogen (secondary N) is 1. The van der Waals surface area contributed by atoms with Crippen LogP contribution in [0.3, 0.4) is 0 Å². The zero-order valence-corrected chi connectivity index (χ0v) is 21.8. The number of para-hydroxylation sites is 1. The molecule has 0 bridgehead atoms. The molecule has 0 radical (unpaired) electrons. The van der Waals surface area contributed by atoms with Gasteiger partial charge in [0.25, 0.3) is 5.91 Å². The summed E-state index contributed by atoms with van der Waals surface area (Å²) in [5.74, 6) is 0.163. The molecule has 3 atom stereocenters. The van der Waals surface area contributed by atoms with Crippen LogP contribution in [0.1, 0.15) is 46.7 Å². The molecule has 1 aromatic heterocycles. The first kappa shape index (κ1) is 25.9. The van der Waals surface area contributed by atoms with Gasteiger partial charge in [-0.05, 0) is 71.7 Å². The van der Waals surface area contributed by atoms with Gasteiger partial charge in [0.1, 0.15) is 24.1 Å². The van der Waals surface area contributed by atoms with Gasteiger partial charge in [0.2, 0.25) is 5.91 Å². The first-order valence-electron chi connectivity index (χ1n) is 12.4. The Kier molecular flexibility index (Phi) is 7.20. The van der Waals surface area contributed by atoms with Crippen LogP contribution < -0.4 is 21.5 Å². The molecule has 1 aliphatic heterocycles. The minimum Gasteiger partial charge on any atom is -0.458 e. The van der Waals surface area contributed by atoms with Crippen molar-refractivity contribution in [3.8, 4) is 11.5 Å². The van der Waals surface area contributed by atoms with Crippen molar-refractivity contribution in [3.05, 3.63) is 82.0 Å². The monoisotopic (exact) mass is 534 g/mol. The summed E-state index contributed by atoms with van der Waals surface area (Å²) in [6.07, 6.45) is 0.797. The van der Waals surface area contributed by atoms with Crippen molar-refractivity contribution >= 4 is 29.1 Å². The summed E-state index contributed by atoms with van der Waals surface area (Å²) in [5.41, 5.74) is 12.5. The van der Waals surface area contributed by atoms with E-state index in [0.717, 1.165) is 16.9 Å². The van der Waals surface area contributed by atoms with E-state index in [9.17, 15) is 14.4 Å². The van der Waals surface area contributed by atoms with Gasteiger partial charge in [0.05, 0.1) is 12.7 Å². The third-order valence-corrected chi connectivity index (χ3v) is 8.03. The Balaban J connectivity index is 1.15. The third-order valence-electron chi connectivity index (χ3n) is 7.11. The number of piperidine rings is 1. The first-order valence-corrected chi connectivity index (χ1v) is 13.3. The highest BCUT2D eigenvalue weighted by Crippen LogP contribution is 2.59. The topological polar surface area (TPSA) is 137 Å². The van der Waals surface area contributed by atoms with E-state index in [4.69, 9.17) is 20.9 Å². The van der Waals surface area contributed by atoms with Gasteiger partial charge < -0.3 is 31.2 Å². The molecule has 1 aliphatic carbocycles. The van der Waals surface area contributed by atoms with Gasteiger partial charge in [0, 0.05) is 16.5 Å². The van der Waals surface area contributed by atoms with Crippen molar-refractivity contribution < 1.29 is 23.9 Å². The van der Waals surface area contributed by atoms with Crippen molar-refractivity contribution in [2.45, 2.75) is 44.6 Å². The van der Waals surface area contributed by atoms with Gasteiger partial charge in [-0.2, -0.15) is 0 Å². The van der Waals surface area contributed by atoms with Crippen molar-refractivity contribution in [3.63, 3.8) is 0 Å². The quantitative estimate of drug-likeness (QED) is 0.283. The van der Waals surface area contributed by atoms with E-state index in [1.165, 1.54) is 11.3 Å². The first-order chi connectivity index (χ1) is 18.2. The number of carbonyl (C=O) groups excluding carboxylic acids is 3. The fourth-order valence-corrected chi connectivity index (χ4v) is 5.72. The largest absolute Gasteiger partial charge is 0.458 e. The maximum atomic E-state index is 13.1. The molecule has 3 aromatic rings. The lowest BCUT2D eigenvalue weighted by Gasteiger charge is -2.26. The summed E-state index contributed by atoms with van der Waals surface area (Å²) in [6.45, 7) is 1.95. The number of fused-ring (bicyclic) bond motifs is 1. The molecule has 1 saturated heterocycles. The third kappa shape index (κ3) is 5.57. The molecule has 5 N–H and O–H groups in total. The average Bonchev–Trinajstić information content (AvgIpc) is 3.23. The standard InChI is InChI=1S/C28H30N4O5S/c1-28-12-22(27(35)36-15-21-11-18(16-38-21)25(29)30)32(23(28)13-28)24(33)14-31-26(34)17-7-9-20(10-8-17)37-19-5-3-2-4-6-19/h2-11,16,22-23,25H,12-15,29-30H2,1H3,(H,31,34)/t22-,23?,28+/m0/s1. The van der Waals surface area contributed by atoms with Crippen molar-refractivity contribution in [2.75, 3.05) is 6.54 Å². The van der Waals surface area contributed by atoms with E-state index in [1.807, 2.05) is 41.8 Å². The van der Waals surface area contributed by atoms with Crippen LogP contribution in [0.2, 0.25) is 0 Å². The molecule has 2 aromatic carbocycles. The molecule has 0 spiro atoms. The molecule has 1 unspecified atom stereocenters. The number of nitrogens with two attached hydrogens (primary N) is 2. The normalized spacial score (nSPS) is 21.6. The molecule has 2 amide bonds. The van der Waals surface area contributed by atoms with E-state index in [-0.39, 0.29) is 36.4 Å². The molecule has 2 fully saturated rings. The van der Waals surface area contributed by atoms with Crippen LogP contribution >= 0.6 is 11.3 Å². The molecule has 38 heavy (non-hydrogen) atoms. The molecule has 198 valence electrons. The van der Waals surface area contributed by atoms with E-state index < -0.39 is 18.2 Å². The molecule has 2 heterocycles. The molecule has 2 aliphatic rings. The second-order valence-electron chi connectivity index (χ2n) is 10.00. The van der Waals surface area contributed by atoms with Crippen molar-refractivity contribution in [1.29, 1.82) is 0 Å². The van der Waals surface area contributed by atoms with E-state index in [0.29, 0.717) is 23.5 Å². The lowest BCUT2D eigenvalue weighted by Crippen LogP contribution is -2.48. The predicted octanol–water partition coefficient (Wildman–Crippen LogP) is 3.31. The summed E-state index contributed by atoms with van der Waals surface area (Å²) < 4.78 is 11.3. The molecular formula is C28H30N4O5S. The lowest BCUT2D eigenvalue weighted by molar-refractivity contribution is -0.155. The molecular weight excluding hydrogens is 504 g/mol. The summed E-state index contributed by atoms with van der Waals surface area (Å²) >= 11 is 1.42. The highest BCUT2D eigenvalue weighted by atomic mass is 32.1. The summed E-state index contributed by atoms with van der Waals surface area (Å²) in [5, 5.41) is 4.52.